The number of nitrogens with one attached hydrogen (secondary N) is 2. The van der Waals surface area contributed by atoms with Gasteiger partial charge in [0, 0.05) is 16.4 Å². The number of carbonyl (C=O) groups is 2. The lowest BCUT2D eigenvalue weighted by Gasteiger charge is -2.14. The van der Waals surface area contributed by atoms with Gasteiger partial charge in [-0.05, 0) is 67.6 Å². The Morgan fingerprint density at radius 2 is 1.64 bits per heavy atom. The number of hydrogen-bond donors (Lipinski definition) is 2. The Balaban J connectivity index is 1.62. The first-order valence-electron chi connectivity index (χ1n) is 9.40. The summed E-state index contributed by atoms with van der Waals surface area (Å²) in [4.78, 5) is 24.1. The summed E-state index contributed by atoms with van der Waals surface area (Å²) in [7, 11) is -4.18. The Hall–Kier alpha value is -3.50. The average Bonchev–Trinajstić information content (AvgIpc) is 2.75. The van der Waals surface area contributed by atoms with Crippen molar-refractivity contribution in [1.82, 2.24) is 0 Å². The van der Waals surface area contributed by atoms with Gasteiger partial charge in [0.05, 0.1) is 10.5 Å². The molecule has 0 aliphatic heterocycles. The minimum absolute atomic E-state index is 0.0631. The second-order valence-corrected chi connectivity index (χ2v) is 8.92. The standard InChI is InChI=1S/C22H17ClF2N2O5S/c1-13(21(28)26-17-4-2-3-15(23)11-17)32-22(29)14-5-7-16(8-6-14)27-33(30,31)18-9-10-19(24)20(25)12-18/h2-13,27H,1H3,(H,26,28)/t13-/m0/s1. The number of esters is 1. The van der Waals surface area contributed by atoms with E-state index in [1.807, 2.05) is 0 Å². The molecule has 0 heterocycles. The molecule has 0 bridgehead atoms. The molecule has 7 nitrogen and oxygen atoms in total. The molecule has 0 saturated carbocycles. The molecular weight excluding hydrogens is 478 g/mol. The van der Waals surface area contributed by atoms with Crippen molar-refractivity contribution in [2.75, 3.05) is 10.0 Å². The van der Waals surface area contributed by atoms with Gasteiger partial charge in [-0.3, -0.25) is 9.52 Å². The van der Waals surface area contributed by atoms with Crippen LogP contribution in [-0.4, -0.2) is 26.4 Å². The number of ether oxygens (including phenoxy) is 1. The van der Waals surface area contributed by atoms with Crippen LogP contribution >= 0.6 is 11.6 Å². The molecular formula is C22H17ClF2N2O5S. The summed E-state index contributed by atoms with van der Waals surface area (Å²) in [6, 6.07) is 13.8. The summed E-state index contributed by atoms with van der Waals surface area (Å²) >= 11 is 5.86. The second kappa shape index (κ2) is 9.97. The molecule has 3 aromatic rings. The first-order valence-corrected chi connectivity index (χ1v) is 11.3. The van der Waals surface area contributed by atoms with Crippen molar-refractivity contribution in [3.8, 4) is 0 Å². The lowest BCUT2D eigenvalue weighted by molar-refractivity contribution is -0.123. The SMILES string of the molecule is C[C@H](OC(=O)c1ccc(NS(=O)(=O)c2ccc(F)c(F)c2)cc1)C(=O)Nc1cccc(Cl)c1. The van der Waals surface area contributed by atoms with E-state index >= 15 is 0 Å². The Morgan fingerprint density at radius 1 is 0.939 bits per heavy atom. The van der Waals surface area contributed by atoms with Gasteiger partial charge >= 0.3 is 5.97 Å². The highest BCUT2D eigenvalue weighted by Crippen LogP contribution is 2.20. The molecule has 0 fully saturated rings. The van der Waals surface area contributed by atoms with Crippen LogP contribution in [0.5, 0.6) is 0 Å². The van der Waals surface area contributed by atoms with Crippen LogP contribution < -0.4 is 10.0 Å². The van der Waals surface area contributed by atoms with Crippen LogP contribution in [0.2, 0.25) is 5.02 Å². The number of hydrogen-bond acceptors (Lipinski definition) is 5. The molecule has 1 amide bonds. The lowest BCUT2D eigenvalue weighted by Crippen LogP contribution is -2.30. The maximum absolute atomic E-state index is 13.3. The third kappa shape index (κ3) is 6.27. The van der Waals surface area contributed by atoms with Gasteiger partial charge < -0.3 is 10.1 Å². The Morgan fingerprint density at radius 3 is 2.27 bits per heavy atom. The fourth-order valence-electron chi connectivity index (χ4n) is 2.62. The predicted octanol–water partition coefficient (Wildman–Crippen LogP) is 4.60. The van der Waals surface area contributed by atoms with Crippen molar-refractivity contribution < 1.29 is 31.5 Å². The molecule has 33 heavy (non-hydrogen) atoms. The smallest absolute Gasteiger partial charge is 0.338 e. The van der Waals surface area contributed by atoms with Crippen molar-refractivity contribution >= 4 is 44.9 Å². The molecule has 11 heteroatoms. The second-order valence-electron chi connectivity index (χ2n) is 6.81. The van der Waals surface area contributed by atoms with E-state index in [0.717, 1.165) is 6.07 Å². The molecule has 0 aromatic heterocycles. The monoisotopic (exact) mass is 494 g/mol. The van der Waals surface area contributed by atoms with Gasteiger partial charge in [0.25, 0.3) is 15.9 Å². The largest absolute Gasteiger partial charge is 0.449 e. The van der Waals surface area contributed by atoms with Crippen LogP contribution in [0.3, 0.4) is 0 Å². The molecule has 2 N–H and O–H groups in total. The zero-order chi connectivity index (χ0) is 24.2. The summed E-state index contributed by atoms with van der Waals surface area (Å²) in [5, 5.41) is 3.00. The van der Waals surface area contributed by atoms with Gasteiger partial charge in [-0.2, -0.15) is 0 Å². The fourth-order valence-corrected chi connectivity index (χ4v) is 3.89. The zero-order valence-electron chi connectivity index (χ0n) is 17.0. The zero-order valence-corrected chi connectivity index (χ0v) is 18.6. The van der Waals surface area contributed by atoms with Gasteiger partial charge in [-0.15, -0.1) is 0 Å². The van der Waals surface area contributed by atoms with Crippen molar-refractivity contribution in [3.63, 3.8) is 0 Å². The van der Waals surface area contributed by atoms with Gasteiger partial charge in [0.15, 0.2) is 17.7 Å². The van der Waals surface area contributed by atoms with Gasteiger partial charge in [-0.25, -0.2) is 22.0 Å². The summed E-state index contributed by atoms with van der Waals surface area (Å²) in [5.74, 6) is -3.85. The number of benzene rings is 3. The number of halogens is 3. The summed E-state index contributed by atoms with van der Waals surface area (Å²) in [6.45, 7) is 1.39. The molecule has 0 spiro atoms. The van der Waals surface area contributed by atoms with Crippen molar-refractivity contribution in [1.29, 1.82) is 0 Å². The predicted molar refractivity (Wildman–Crippen MR) is 119 cm³/mol. The molecule has 0 aliphatic carbocycles. The Bertz CT molecular complexity index is 1300. The number of rotatable bonds is 7. The maximum Gasteiger partial charge on any atom is 0.338 e. The Labute approximate surface area is 193 Å². The highest BCUT2D eigenvalue weighted by Gasteiger charge is 2.20. The van der Waals surface area contributed by atoms with Crippen LogP contribution in [0.25, 0.3) is 0 Å². The molecule has 3 rings (SSSR count). The number of anilines is 2. The van der Waals surface area contributed by atoms with E-state index in [9.17, 15) is 26.8 Å². The molecule has 0 saturated heterocycles. The molecule has 0 radical (unpaired) electrons. The van der Waals surface area contributed by atoms with Crippen LogP contribution in [0.4, 0.5) is 20.2 Å². The quantitative estimate of drug-likeness (QED) is 0.467. The van der Waals surface area contributed by atoms with E-state index in [0.29, 0.717) is 22.8 Å². The molecule has 0 aliphatic rings. The van der Waals surface area contributed by atoms with Crippen LogP contribution in [0, 0.1) is 11.6 Å². The molecule has 3 aromatic carbocycles. The van der Waals surface area contributed by atoms with E-state index in [-0.39, 0.29) is 11.3 Å². The minimum Gasteiger partial charge on any atom is -0.449 e. The molecule has 172 valence electrons. The highest BCUT2D eigenvalue weighted by atomic mass is 35.5. The molecule has 0 unspecified atom stereocenters. The van der Waals surface area contributed by atoms with Crippen molar-refractivity contribution in [2.24, 2.45) is 0 Å². The maximum atomic E-state index is 13.3. The summed E-state index contributed by atoms with van der Waals surface area (Å²) < 4.78 is 58.4. The van der Waals surface area contributed by atoms with E-state index in [2.05, 4.69) is 10.0 Å². The van der Waals surface area contributed by atoms with Gasteiger partial charge in [0.2, 0.25) is 0 Å². The van der Waals surface area contributed by atoms with Crippen LogP contribution in [-0.2, 0) is 19.6 Å². The van der Waals surface area contributed by atoms with E-state index in [1.54, 1.807) is 18.2 Å². The third-order valence-electron chi connectivity index (χ3n) is 4.32. The van der Waals surface area contributed by atoms with Crippen molar-refractivity contribution in [2.45, 2.75) is 17.9 Å². The lowest BCUT2D eigenvalue weighted by atomic mass is 10.2. The summed E-state index contributed by atoms with van der Waals surface area (Å²) in [6.07, 6.45) is -1.12. The first kappa shape index (κ1) is 24.1. The summed E-state index contributed by atoms with van der Waals surface area (Å²) in [5.41, 5.74) is 0.573. The number of carbonyl (C=O) groups excluding carboxylic acids is 2. The number of amides is 1. The van der Waals surface area contributed by atoms with E-state index in [4.69, 9.17) is 16.3 Å². The van der Waals surface area contributed by atoms with Crippen molar-refractivity contribution in [3.05, 3.63) is 89.0 Å². The van der Waals surface area contributed by atoms with Crippen LogP contribution in [0.1, 0.15) is 17.3 Å². The first-order chi connectivity index (χ1) is 15.5. The van der Waals surface area contributed by atoms with Crippen LogP contribution in [0.15, 0.2) is 71.6 Å². The van der Waals surface area contributed by atoms with Gasteiger partial charge in [0.1, 0.15) is 0 Å². The van der Waals surface area contributed by atoms with Gasteiger partial charge in [-0.1, -0.05) is 17.7 Å². The third-order valence-corrected chi connectivity index (χ3v) is 5.93. The van der Waals surface area contributed by atoms with E-state index < -0.39 is 44.5 Å². The Kier molecular flexibility index (Phi) is 7.29. The highest BCUT2D eigenvalue weighted by molar-refractivity contribution is 7.92. The molecule has 1 atom stereocenters. The average molecular weight is 495 g/mol. The van der Waals surface area contributed by atoms with E-state index in [1.165, 1.54) is 37.3 Å². The normalized spacial score (nSPS) is 12.0. The minimum atomic E-state index is -4.18. The number of sulfonamides is 1. The topological polar surface area (TPSA) is 102 Å². The fraction of sp³-hybridized carbons (Fsp3) is 0.0909.